The van der Waals surface area contributed by atoms with Gasteiger partial charge in [-0.2, -0.15) is 11.8 Å². The van der Waals surface area contributed by atoms with E-state index in [0.717, 1.165) is 54.0 Å². The molecule has 0 saturated heterocycles. The Balaban J connectivity index is 0.000000208. The molecule has 0 unspecified atom stereocenters. The van der Waals surface area contributed by atoms with Gasteiger partial charge in [0.2, 0.25) is 0 Å². The highest BCUT2D eigenvalue weighted by molar-refractivity contribution is 7.99. The van der Waals surface area contributed by atoms with Crippen molar-refractivity contribution in [2.24, 2.45) is 0 Å². The lowest BCUT2D eigenvalue weighted by atomic mass is 10.2. The fourth-order valence-corrected chi connectivity index (χ4v) is 13.2. The third-order valence-electron chi connectivity index (χ3n) is 9.20. The van der Waals surface area contributed by atoms with E-state index in [1.165, 1.54) is 27.2 Å². The molecule has 0 amide bonds. The van der Waals surface area contributed by atoms with Gasteiger partial charge >= 0.3 is 0 Å². The predicted octanol–water partition coefficient (Wildman–Crippen LogP) is 9.71. The number of thioether (sulfide) groups is 2. The first-order chi connectivity index (χ1) is 26.5. The smallest absolute Gasteiger partial charge is 0.144 e. The summed E-state index contributed by atoms with van der Waals surface area (Å²) in [6, 6.07) is 63.1. The number of benzene rings is 6. The second-order valence-corrected chi connectivity index (χ2v) is 20.8. The molecule has 0 atom stereocenters. The van der Waals surface area contributed by atoms with Gasteiger partial charge in [0.15, 0.2) is 0 Å². The molecule has 0 bridgehead atoms. The molecule has 0 N–H and O–H groups in total. The highest BCUT2D eigenvalue weighted by atomic mass is 32.2. The summed E-state index contributed by atoms with van der Waals surface area (Å²) in [5.74, 6) is 3.25. The van der Waals surface area contributed by atoms with Crippen molar-refractivity contribution in [2.75, 3.05) is 64.1 Å². The Morgan fingerprint density at radius 3 is 1.44 bits per heavy atom. The normalized spacial score (nSPS) is 11.4. The van der Waals surface area contributed by atoms with Gasteiger partial charge < -0.3 is 14.4 Å². The summed E-state index contributed by atoms with van der Waals surface area (Å²) in [7, 11) is 1.47. The quantitative estimate of drug-likeness (QED) is 0.0463. The Morgan fingerprint density at radius 1 is 0.500 bits per heavy atom. The summed E-state index contributed by atoms with van der Waals surface area (Å²) in [4.78, 5) is 6.13. The second-order valence-electron chi connectivity index (χ2n) is 13.3. The van der Waals surface area contributed by atoms with Crippen molar-refractivity contribution in [2.45, 2.75) is 10.6 Å². The van der Waals surface area contributed by atoms with E-state index in [-0.39, 0.29) is 7.92 Å². The fraction of sp³-hybridized carbons (Fsp3) is 0.234. The summed E-state index contributed by atoms with van der Waals surface area (Å²) < 4.78 is 14.0. The zero-order valence-corrected chi connectivity index (χ0v) is 35.1. The third-order valence-corrected chi connectivity index (χ3v) is 16.8. The average molecular weight is 789 g/mol. The van der Waals surface area contributed by atoms with Crippen LogP contribution in [0.5, 0.6) is 0 Å². The van der Waals surface area contributed by atoms with Crippen LogP contribution < -0.4 is 21.2 Å². The van der Waals surface area contributed by atoms with E-state index in [9.17, 15) is 4.57 Å². The van der Waals surface area contributed by atoms with E-state index in [4.69, 9.17) is 0 Å². The van der Waals surface area contributed by atoms with E-state index >= 15 is 0 Å². The Kier molecular flexibility index (Phi) is 18.2. The summed E-state index contributed by atoms with van der Waals surface area (Å²) in [6.45, 7) is 4.07. The Labute approximate surface area is 334 Å². The molecule has 6 aromatic rings. The van der Waals surface area contributed by atoms with Crippen LogP contribution in [0.2, 0.25) is 0 Å². The maximum Gasteiger partial charge on any atom is 0.144 e. The molecule has 0 saturated carbocycles. The lowest BCUT2D eigenvalue weighted by Crippen LogP contribution is -2.28. The SMILES string of the molecule is CN(CCSCc1ccccc1)CCP(=O)(c1ccccc1)c1ccccc1.CN(CCSc1ccccc1)CCP(c1ccccc1)c1ccccc1. The molecule has 0 heterocycles. The molecule has 0 aliphatic heterocycles. The molecule has 280 valence electrons. The maximum absolute atomic E-state index is 14.0. The molecule has 0 aliphatic carbocycles. The molecule has 0 aromatic heterocycles. The maximum atomic E-state index is 14.0. The Bertz CT molecular complexity index is 1820. The van der Waals surface area contributed by atoms with Gasteiger partial charge in [-0.15, -0.1) is 11.8 Å². The summed E-state index contributed by atoms with van der Waals surface area (Å²) in [5, 5.41) is 4.85. The zero-order valence-electron chi connectivity index (χ0n) is 31.7. The molecule has 3 nitrogen and oxygen atoms in total. The largest absolute Gasteiger partial charge is 0.314 e. The first-order valence-corrected chi connectivity index (χ1v) is 24.3. The van der Waals surface area contributed by atoms with Gasteiger partial charge in [-0.1, -0.05) is 170 Å². The van der Waals surface area contributed by atoms with Gasteiger partial charge in [0.25, 0.3) is 0 Å². The summed E-state index contributed by atoms with van der Waals surface area (Å²) >= 11 is 3.89. The van der Waals surface area contributed by atoms with Crippen molar-refractivity contribution in [3.05, 3.63) is 188 Å². The second kappa shape index (κ2) is 23.5. The molecule has 0 spiro atoms. The van der Waals surface area contributed by atoms with E-state index in [2.05, 4.69) is 145 Å². The first kappa shape index (κ1) is 41.8. The van der Waals surface area contributed by atoms with Crippen molar-refractivity contribution in [3.63, 3.8) is 0 Å². The van der Waals surface area contributed by atoms with E-state index < -0.39 is 7.14 Å². The molecule has 6 aromatic carbocycles. The summed E-state index contributed by atoms with van der Waals surface area (Å²) in [5.41, 5.74) is 1.37. The van der Waals surface area contributed by atoms with Crippen LogP contribution in [0.15, 0.2) is 187 Å². The minimum atomic E-state index is -2.61. The Hall–Kier alpha value is -3.40. The standard InChI is InChI=1S/C24H28NOPS.C23H26NPS/c1-25(18-20-28-21-22-11-5-2-6-12-22)17-19-27(26,23-13-7-3-8-14-23)24-15-9-4-10-16-24;1-24(18-20-26-23-15-9-4-10-16-23)17-19-25(21-11-5-2-6-12-21)22-13-7-3-8-14-22/h2-16H,17-21H2,1H3;2-16H,17-20H2,1H3. The molecule has 0 fully saturated rings. The minimum absolute atomic E-state index is 0.291. The van der Waals surface area contributed by atoms with Gasteiger partial charge in [0, 0.05) is 65.1 Å². The van der Waals surface area contributed by atoms with Crippen LogP contribution in [0.4, 0.5) is 0 Å². The van der Waals surface area contributed by atoms with E-state index in [1.807, 2.05) is 84.2 Å². The van der Waals surface area contributed by atoms with Crippen LogP contribution >= 0.6 is 38.6 Å². The van der Waals surface area contributed by atoms with Crippen molar-refractivity contribution < 1.29 is 4.57 Å². The van der Waals surface area contributed by atoms with Gasteiger partial charge in [0.05, 0.1) is 0 Å². The zero-order chi connectivity index (χ0) is 37.7. The molecule has 6 rings (SSSR count). The monoisotopic (exact) mass is 788 g/mol. The van der Waals surface area contributed by atoms with Gasteiger partial charge in [-0.05, 0) is 56.5 Å². The van der Waals surface area contributed by atoms with E-state index in [1.54, 1.807) is 0 Å². The van der Waals surface area contributed by atoms with Crippen LogP contribution in [0.3, 0.4) is 0 Å². The third kappa shape index (κ3) is 14.0. The number of nitrogens with zero attached hydrogens (tertiary/aromatic N) is 2. The highest BCUT2D eigenvalue weighted by Crippen LogP contribution is 2.43. The van der Waals surface area contributed by atoms with Crippen LogP contribution in [0.25, 0.3) is 0 Å². The minimum Gasteiger partial charge on any atom is -0.314 e. The van der Waals surface area contributed by atoms with Crippen molar-refractivity contribution in [3.8, 4) is 0 Å². The van der Waals surface area contributed by atoms with Crippen LogP contribution in [0.1, 0.15) is 5.56 Å². The van der Waals surface area contributed by atoms with Crippen molar-refractivity contribution in [1.82, 2.24) is 9.80 Å². The Morgan fingerprint density at radius 2 is 0.926 bits per heavy atom. The predicted molar refractivity (Wildman–Crippen MR) is 243 cm³/mol. The summed E-state index contributed by atoms with van der Waals surface area (Å²) in [6.07, 6.45) is 1.87. The van der Waals surface area contributed by atoms with Crippen LogP contribution in [-0.2, 0) is 10.3 Å². The molecule has 54 heavy (non-hydrogen) atoms. The molecule has 7 heteroatoms. The fourth-order valence-electron chi connectivity index (χ4n) is 5.99. The first-order valence-electron chi connectivity index (χ1n) is 18.8. The number of hydrogen-bond donors (Lipinski definition) is 0. The van der Waals surface area contributed by atoms with Crippen molar-refractivity contribution >= 4 is 59.8 Å². The van der Waals surface area contributed by atoms with Gasteiger partial charge in [0.1, 0.15) is 7.14 Å². The van der Waals surface area contributed by atoms with E-state index in [0.29, 0.717) is 6.16 Å². The number of hydrogen-bond acceptors (Lipinski definition) is 5. The molecular formula is C47H54N2OP2S2. The van der Waals surface area contributed by atoms with Gasteiger partial charge in [-0.25, -0.2) is 0 Å². The van der Waals surface area contributed by atoms with Gasteiger partial charge in [-0.3, -0.25) is 0 Å². The average Bonchev–Trinajstić information content (AvgIpc) is 3.24. The van der Waals surface area contributed by atoms with Crippen LogP contribution in [-0.4, -0.2) is 73.9 Å². The topological polar surface area (TPSA) is 23.6 Å². The van der Waals surface area contributed by atoms with Crippen molar-refractivity contribution in [1.29, 1.82) is 0 Å². The lowest BCUT2D eigenvalue weighted by molar-refractivity contribution is 0.377. The molecule has 0 aliphatic rings. The lowest BCUT2D eigenvalue weighted by Gasteiger charge is -2.23. The number of rotatable bonds is 19. The highest BCUT2D eigenvalue weighted by Gasteiger charge is 2.27. The van der Waals surface area contributed by atoms with Crippen LogP contribution in [0, 0.1) is 0 Å². The molecular weight excluding hydrogens is 735 g/mol. The molecule has 0 radical (unpaired) electrons.